The number of hydrogen-bond donors (Lipinski definition) is 2. The number of aliphatic hydroxyl groups is 1. The maximum atomic E-state index is 11.6. The van der Waals surface area contributed by atoms with Gasteiger partial charge in [-0.2, -0.15) is 0 Å². The summed E-state index contributed by atoms with van der Waals surface area (Å²) in [4.78, 5) is 15.6. The number of carbonyl (C=O) groups is 1. The van der Waals surface area contributed by atoms with Gasteiger partial charge in [0.2, 0.25) is 5.91 Å². The molecule has 1 aromatic heterocycles. The Kier molecular flexibility index (Phi) is 3.42. The van der Waals surface area contributed by atoms with Crippen molar-refractivity contribution in [1.82, 2.24) is 4.98 Å². The molecule has 0 aliphatic heterocycles. The van der Waals surface area contributed by atoms with Crippen molar-refractivity contribution < 1.29 is 9.90 Å². The number of anilines is 1. The van der Waals surface area contributed by atoms with Gasteiger partial charge in [0.15, 0.2) is 0 Å². The van der Waals surface area contributed by atoms with Crippen LogP contribution >= 0.6 is 0 Å². The number of pyridine rings is 1. The molecule has 0 saturated heterocycles. The summed E-state index contributed by atoms with van der Waals surface area (Å²) in [6.07, 6.45) is 1.56. The van der Waals surface area contributed by atoms with Crippen LogP contribution < -0.4 is 5.32 Å². The Morgan fingerprint density at radius 3 is 2.73 bits per heavy atom. The maximum absolute atomic E-state index is 11.6. The third kappa shape index (κ3) is 3.32. The van der Waals surface area contributed by atoms with E-state index in [9.17, 15) is 4.79 Å². The van der Waals surface area contributed by atoms with E-state index in [-0.39, 0.29) is 12.5 Å². The number of amides is 1. The van der Waals surface area contributed by atoms with E-state index < -0.39 is 5.41 Å². The van der Waals surface area contributed by atoms with Crippen LogP contribution in [0.2, 0.25) is 0 Å². The fraction of sp³-hybridized carbons (Fsp3) is 0.455. The van der Waals surface area contributed by atoms with Crippen LogP contribution in [-0.4, -0.2) is 16.0 Å². The van der Waals surface area contributed by atoms with E-state index in [4.69, 9.17) is 5.11 Å². The van der Waals surface area contributed by atoms with Crippen molar-refractivity contribution in [3.63, 3.8) is 0 Å². The molecule has 0 radical (unpaired) electrons. The van der Waals surface area contributed by atoms with Crippen LogP contribution in [0.1, 0.15) is 26.3 Å². The summed E-state index contributed by atoms with van der Waals surface area (Å²) in [5.74, 6) is 0.381. The predicted molar refractivity (Wildman–Crippen MR) is 58.2 cm³/mol. The van der Waals surface area contributed by atoms with Gasteiger partial charge >= 0.3 is 0 Å². The molecule has 0 aromatic carbocycles. The number of carbonyl (C=O) groups excluding carboxylic acids is 1. The van der Waals surface area contributed by atoms with Crippen molar-refractivity contribution in [3.05, 3.63) is 23.9 Å². The summed E-state index contributed by atoms with van der Waals surface area (Å²) in [5.41, 5.74) is 0.283. The highest BCUT2D eigenvalue weighted by molar-refractivity contribution is 5.93. The molecule has 0 aliphatic carbocycles. The molecule has 0 bridgehead atoms. The summed E-state index contributed by atoms with van der Waals surface area (Å²) >= 11 is 0. The Morgan fingerprint density at radius 2 is 2.20 bits per heavy atom. The fourth-order valence-electron chi connectivity index (χ4n) is 0.945. The zero-order valence-corrected chi connectivity index (χ0v) is 9.24. The molecular formula is C11H16N2O2. The van der Waals surface area contributed by atoms with Crippen LogP contribution in [0.3, 0.4) is 0 Å². The normalized spacial score (nSPS) is 11.2. The van der Waals surface area contributed by atoms with Crippen molar-refractivity contribution in [3.8, 4) is 0 Å². The first-order valence-corrected chi connectivity index (χ1v) is 4.81. The van der Waals surface area contributed by atoms with Gasteiger partial charge in [0.1, 0.15) is 5.82 Å². The predicted octanol–water partition coefficient (Wildman–Crippen LogP) is 1.56. The monoisotopic (exact) mass is 208 g/mol. The lowest BCUT2D eigenvalue weighted by molar-refractivity contribution is -0.123. The number of hydrogen-bond acceptors (Lipinski definition) is 3. The van der Waals surface area contributed by atoms with Crippen LogP contribution in [0.4, 0.5) is 5.82 Å². The molecule has 0 atom stereocenters. The van der Waals surface area contributed by atoms with E-state index in [1.165, 1.54) is 0 Å². The molecule has 1 heterocycles. The van der Waals surface area contributed by atoms with Gasteiger partial charge in [0, 0.05) is 11.6 Å². The van der Waals surface area contributed by atoms with Crippen molar-refractivity contribution in [1.29, 1.82) is 0 Å². The van der Waals surface area contributed by atoms with Gasteiger partial charge < -0.3 is 10.4 Å². The molecule has 0 unspecified atom stereocenters. The van der Waals surface area contributed by atoms with E-state index in [0.717, 1.165) is 5.56 Å². The highest BCUT2D eigenvalue weighted by Gasteiger charge is 2.21. The highest BCUT2D eigenvalue weighted by Crippen LogP contribution is 2.16. The van der Waals surface area contributed by atoms with Crippen LogP contribution in [0.25, 0.3) is 0 Å². The molecule has 0 aliphatic rings. The van der Waals surface area contributed by atoms with Crippen LogP contribution in [0.5, 0.6) is 0 Å². The van der Waals surface area contributed by atoms with E-state index >= 15 is 0 Å². The first kappa shape index (κ1) is 11.7. The van der Waals surface area contributed by atoms with E-state index in [1.807, 2.05) is 20.8 Å². The Balaban J connectivity index is 2.77. The number of rotatable bonds is 2. The molecule has 0 fully saturated rings. The quantitative estimate of drug-likeness (QED) is 0.775. The van der Waals surface area contributed by atoms with Gasteiger partial charge in [-0.3, -0.25) is 4.79 Å². The average molecular weight is 208 g/mol. The molecule has 1 rings (SSSR count). The third-order valence-electron chi connectivity index (χ3n) is 1.93. The van der Waals surface area contributed by atoms with Crippen molar-refractivity contribution in [2.75, 3.05) is 5.32 Å². The number of nitrogens with one attached hydrogen (secondary N) is 1. The lowest BCUT2D eigenvalue weighted by Crippen LogP contribution is -2.28. The van der Waals surface area contributed by atoms with Gasteiger partial charge in [-0.25, -0.2) is 4.98 Å². The molecule has 0 spiro atoms. The zero-order chi connectivity index (χ0) is 11.5. The molecule has 82 valence electrons. The minimum Gasteiger partial charge on any atom is -0.392 e. The average Bonchev–Trinajstić information content (AvgIpc) is 2.16. The second kappa shape index (κ2) is 4.40. The number of aliphatic hydroxyl groups excluding tert-OH is 1. The fourth-order valence-corrected chi connectivity index (χ4v) is 0.945. The van der Waals surface area contributed by atoms with Gasteiger partial charge in [0.05, 0.1) is 6.61 Å². The lowest BCUT2D eigenvalue weighted by atomic mass is 9.96. The van der Waals surface area contributed by atoms with E-state index in [1.54, 1.807) is 18.3 Å². The minimum absolute atomic E-state index is 0.0547. The number of aromatic nitrogens is 1. The third-order valence-corrected chi connectivity index (χ3v) is 1.93. The number of nitrogens with zero attached hydrogens (tertiary/aromatic N) is 1. The van der Waals surface area contributed by atoms with Gasteiger partial charge in [-0.15, -0.1) is 0 Å². The SMILES string of the molecule is CC(C)(C)C(=O)Nc1cc(CO)ccn1. The zero-order valence-electron chi connectivity index (χ0n) is 9.24. The van der Waals surface area contributed by atoms with Gasteiger partial charge in [-0.1, -0.05) is 20.8 Å². The molecule has 15 heavy (non-hydrogen) atoms. The Labute approximate surface area is 89.3 Å². The second-order valence-electron chi connectivity index (χ2n) is 4.41. The highest BCUT2D eigenvalue weighted by atomic mass is 16.3. The largest absolute Gasteiger partial charge is 0.392 e. The minimum atomic E-state index is -0.448. The van der Waals surface area contributed by atoms with Crippen molar-refractivity contribution >= 4 is 11.7 Å². The molecule has 4 nitrogen and oxygen atoms in total. The topological polar surface area (TPSA) is 62.2 Å². The Bertz CT molecular complexity index is 356. The smallest absolute Gasteiger partial charge is 0.230 e. The summed E-state index contributed by atoms with van der Waals surface area (Å²) in [7, 11) is 0. The van der Waals surface area contributed by atoms with Crippen LogP contribution in [-0.2, 0) is 11.4 Å². The molecular weight excluding hydrogens is 192 g/mol. The second-order valence-corrected chi connectivity index (χ2v) is 4.41. The summed E-state index contributed by atoms with van der Waals surface area (Å²) < 4.78 is 0. The van der Waals surface area contributed by atoms with Gasteiger partial charge in [0.25, 0.3) is 0 Å². The maximum Gasteiger partial charge on any atom is 0.230 e. The Hall–Kier alpha value is -1.42. The van der Waals surface area contributed by atoms with Crippen molar-refractivity contribution in [2.24, 2.45) is 5.41 Å². The molecule has 2 N–H and O–H groups in total. The van der Waals surface area contributed by atoms with E-state index in [0.29, 0.717) is 5.82 Å². The van der Waals surface area contributed by atoms with Crippen molar-refractivity contribution in [2.45, 2.75) is 27.4 Å². The summed E-state index contributed by atoms with van der Waals surface area (Å²) in [6.45, 7) is 5.44. The summed E-state index contributed by atoms with van der Waals surface area (Å²) in [5, 5.41) is 11.6. The summed E-state index contributed by atoms with van der Waals surface area (Å²) in [6, 6.07) is 3.36. The first-order valence-electron chi connectivity index (χ1n) is 4.81. The van der Waals surface area contributed by atoms with Crippen LogP contribution in [0, 0.1) is 5.41 Å². The molecule has 4 heteroatoms. The van der Waals surface area contributed by atoms with Gasteiger partial charge in [-0.05, 0) is 17.7 Å². The van der Waals surface area contributed by atoms with Crippen LogP contribution in [0.15, 0.2) is 18.3 Å². The Morgan fingerprint density at radius 1 is 1.53 bits per heavy atom. The molecule has 0 saturated carbocycles. The lowest BCUT2D eigenvalue weighted by Gasteiger charge is -2.17. The first-order chi connectivity index (χ1) is 6.93. The molecule has 1 amide bonds. The van der Waals surface area contributed by atoms with E-state index in [2.05, 4.69) is 10.3 Å². The molecule has 1 aromatic rings. The standard InChI is InChI=1S/C11H16N2O2/c1-11(2,3)10(15)13-9-6-8(7-14)4-5-12-9/h4-6,14H,7H2,1-3H3,(H,12,13,15).